The Labute approximate surface area is 123 Å². The van der Waals surface area contributed by atoms with Crippen LogP contribution in [-0.2, 0) is 6.42 Å². The van der Waals surface area contributed by atoms with Crippen LogP contribution in [0.5, 0.6) is 0 Å². The van der Waals surface area contributed by atoms with E-state index in [4.69, 9.17) is 17.3 Å². The van der Waals surface area contributed by atoms with Crippen LogP contribution in [0.4, 0.5) is 0 Å². The van der Waals surface area contributed by atoms with Crippen LogP contribution in [0.2, 0.25) is 5.02 Å². The molecule has 0 spiro atoms. The molecular formula is C17H15ClN2. The van der Waals surface area contributed by atoms with Crippen molar-refractivity contribution in [3.05, 3.63) is 76.9 Å². The number of hydrogen-bond acceptors (Lipinski definition) is 2. The van der Waals surface area contributed by atoms with E-state index in [-0.39, 0.29) is 6.04 Å². The van der Waals surface area contributed by atoms with Crippen LogP contribution in [-0.4, -0.2) is 4.98 Å². The topological polar surface area (TPSA) is 38.9 Å². The number of benzene rings is 2. The highest BCUT2D eigenvalue weighted by Crippen LogP contribution is 2.24. The van der Waals surface area contributed by atoms with Gasteiger partial charge in [0.05, 0.1) is 5.52 Å². The highest BCUT2D eigenvalue weighted by molar-refractivity contribution is 6.31. The molecule has 1 aromatic heterocycles. The van der Waals surface area contributed by atoms with Crippen LogP contribution < -0.4 is 5.73 Å². The Morgan fingerprint density at radius 1 is 0.950 bits per heavy atom. The van der Waals surface area contributed by atoms with Crippen LogP contribution in [0.1, 0.15) is 17.3 Å². The summed E-state index contributed by atoms with van der Waals surface area (Å²) in [4.78, 5) is 4.65. The first-order valence-corrected chi connectivity index (χ1v) is 6.96. The number of hydrogen-bond donors (Lipinski definition) is 1. The molecule has 3 heteroatoms. The van der Waals surface area contributed by atoms with Crippen LogP contribution in [0.15, 0.2) is 60.7 Å². The third-order valence-corrected chi connectivity index (χ3v) is 3.73. The summed E-state index contributed by atoms with van der Waals surface area (Å²) < 4.78 is 0. The van der Waals surface area contributed by atoms with E-state index in [1.165, 1.54) is 0 Å². The highest BCUT2D eigenvalue weighted by Gasteiger charge is 2.11. The second-order valence-electron chi connectivity index (χ2n) is 4.83. The summed E-state index contributed by atoms with van der Waals surface area (Å²) in [7, 11) is 0. The van der Waals surface area contributed by atoms with Gasteiger partial charge in [0, 0.05) is 28.6 Å². The fourth-order valence-corrected chi connectivity index (χ4v) is 2.61. The molecule has 2 aromatic carbocycles. The van der Waals surface area contributed by atoms with Gasteiger partial charge in [-0.25, -0.2) is 0 Å². The minimum atomic E-state index is -0.141. The smallest absolute Gasteiger partial charge is 0.0705 e. The van der Waals surface area contributed by atoms with Crippen molar-refractivity contribution in [2.75, 3.05) is 0 Å². The van der Waals surface area contributed by atoms with Gasteiger partial charge < -0.3 is 5.73 Å². The van der Waals surface area contributed by atoms with Gasteiger partial charge in [0.2, 0.25) is 0 Å². The van der Waals surface area contributed by atoms with Gasteiger partial charge in [0.15, 0.2) is 0 Å². The van der Waals surface area contributed by atoms with E-state index in [1.54, 1.807) is 0 Å². The van der Waals surface area contributed by atoms with Crippen LogP contribution >= 0.6 is 11.6 Å². The highest BCUT2D eigenvalue weighted by atomic mass is 35.5. The van der Waals surface area contributed by atoms with E-state index in [0.29, 0.717) is 11.4 Å². The average Bonchev–Trinajstić information content (AvgIpc) is 2.47. The normalized spacial score (nSPS) is 12.5. The summed E-state index contributed by atoms with van der Waals surface area (Å²) in [6, 6.07) is 19.7. The Morgan fingerprint density at radius 3 is 2.55 bits per heavy atom. The molecule has 20 heavy (non-hydrogen) atoms. The first-order valence-electron chi connectivity index (χ1n) is 6.59. The van der Waals surface area contributed by atoms with Crippen molar-refractivity contribution in [2.24, 2.45) is 5.73 Å². The molecule has 2 nitrogen and oxygen atoms in total. The molecule has 1 heterocycles. The molecular weight excluding hydrogens is 268 g/mol. The maximum absolute atomic E-state index is 6.25. The van der Waals surface area contributed by atoms with E-state index < -0.39 is 0 Å². The fourth-order valence-electron chi connectivity index (χ4n) is 2.33. The number of pyridine rings is 1. The molecule has 3 aromatic rings. The molecule has 0 saturated carbocycles. The lowest BCUT2D eigenvalue weighted by Crippen LogP contribution is -2.14. The van der Waals surface area contributed by atoms with Crippen LogP contribution in [0.25, 0.3) is 10.9 Å². The Kier molecular flexibility index (Phi) is 3.68. The minimum absolute atomic E-state index is 0.141. The summed E-state index contributed by atoms with van der Waals surface area (Å²) in [5.41, 5.74) is 9.19. The third kappa shape index (κ3) is 2.67. The number of para-hydroxylation sites is 1. The van der Waals surface area contributed by atoms with Gasteiger partial charge in [-0.05, 0) is 23.8 Å². The Morgan fingerprint density at radius 2 is 1.70 bits per heavy atom. The molecule has 0 amide bonds. The van der Waals surface area contributed by atoms with Gasteiger partial charge in [-0.1, -0.05) is 54.1 Å². The average molecular weight is 283 g/mol. The summed E-state index contributed by atoms with van der Waals surface area (Å²) in [5, 5.41) is 1.85. The SMILES string of the molecule is NC(Cc1ccc2ccccc2n1)c1ccccc1Cl. The lowest BCUT2D eigenvalue weighted by molar-refractivity contribution is 0.709. The van der Waals surface area contributed by atoms with Gasteiger partial charge in [-0.15, -0.1) is 0 Å². The van der Waals surface area contributed by atoms with Crippen molar-refractivity contribution in [1.29, 1.82) is 0 Å². The lowest BCUT2D eigenvalue weighted by Gasteiger charge is -2.13. The van der Waals surface area contributed by atoms with Gasteiger partial charge in [0.25, 0.3) is 0 Å². The molecule has 1 unspecified atom stereocenters. The van der Waals surface area contributed by atoms with E-state index in [2.05, 4.69) is 17.1 Å². The predicted octanol–water partition coefficient (Wildman–Crippen LogP) is 4.13. The van der Waals surface area contributed by atoms with E-state index in [1.807, 2.05) is 48.5 Å². The quantitative estimate of drug-likeness (QED) is 0.784. The zero-order valence-corrected chi connectivity index (χ0v) is 11.7. The summed E-state index contributed by atoms with van der Waals surface area (Å²) in [6.07, 6.45) is 0.675. The van der Waals surface area contributed by atoms with E-state index in [9.17, 15) is 0 Å². The third-order valence-electron chi connectivity index (χ3n) is 3.39. The largest absolute Gasteiger partial charge is 0.324 e. The standard InChI is InChI=1S/C17H15ClN2/c18-15-7-3-2-6-14(15)16(19)11-13-10-9-12-5-1-4-8-17(12)20-13/h1-10,16H,11,19H2. The molecule has 2 N–H and O–H groups in total. The fraction of sp³-hybridized carbons (Fsp3) is 0.118. The van der Waals surface area contributed by atoms with Crippen molar-refractivity contribution in [3.63, 3.8) is 0 Å². The van der Waals surface area contributed by atoms with Crippen LogP contribution in [0, 0.1) is 0 Å². The van der Waals surface area contributed by atoms with Gasteiger partial charge in [-0.2, -0.15) is 0 Å². The molecule has 0 bridgehead atoms. The molecule has 0 fully saturated rings. The van der Waals surface area contributed by atoms with Crippen molar-refractivity contribution in [3.8, 4) is 0 Å². The predicted molar refractivity (Wildman–Crippen MR) is 83.8 cm³/mol. The second kappa shape index (κ2) is 5.61. The molecule has 1 atom stereocenters. The number of halogens is 1. The molecule has 0 radical (unpaired) electrons. The van der Waals surface area contributed by atoms with Crippen molar-refractivity contribution < 1.29 is 0 Å². The molecule has 0 aliphatic carbocycles. The van der Waals surface area contributed by atoms with E-state index >= 15 is 0 Å². The van der Waals surface area contributed by atoms with Crippen molar-refractivity contribution >= 4 is 22.5 Å². The maximum atomic E-state index is 6.25. The molecule has 100 valence electrons. The number of nitrogens with two attached hydrogens (primary N) is 1. The zero-order chi connectivity index (χ0) is 13.9. The van der Waals surface area contributed by atoms with Gasteiger partial charge >= 0.3 is 0 Å². The number of fused-ring (bicyclic) bond motifs is 1. The van der Waals surface area contributed by atoms with Crippen molar-refractivity contribution in [1.82, 2.24) is 4.98 Å². The summed E-state index contributed by atoms with van der Waals surface area (Å²) >= 11 is 6.18. The van der Waals surface area contributed by atoms with Gasteiger partial charge in [0.1, 0.15) is 0 Å². The lowest BCUT2D eigenvalue weighted by atomic mass is 10.0. The minimum Gasteiger partial charge on any atom is -0.324 e. The van der Waals surface area contributed by atoms with E-state index in [0.717, 1.165) is 22.2 Å². The first kappa shape index (κ1) is 13.1. The molecule has 3 rings (SSSR count). The van der Waals surface area contributed by atoms with Crippen molar-refractivity contribution in [2.45, 2.75) is 12.5 Å². The summed E-state index contributed by atoms with van der Waals surface area (Å²) in [5.74, 6) is 0. The summed E-state index contributed by atoms with van der Waals surface area (Å²) in [6.45, 7) is 0. The number of nitrogens with zero attached hydrogens (tertiary/aromatic N) is 1. The number of rotatable bonds is 3. The zero-order valence-electron chi connectivity index (χ0n) is 11.0. The monoisotopic (exact) mass is 282 g/mol. The molecule has 0 aliphatic heterocycles. The number of aromatic nitrogens is 1. The Hall–Kier alpha value is -1.90. The van der Waals surface area contributed by atoms with Gasteiger partial charge in [-0.3, -0.25) is 4.98 Å². The molecule has 0 saturated heterocycles. The first-order chi connectivity index (χ1) is 9.74. The Balaban J connectivity index is 1.87. The Bertz CT molecular complexity index is 740. The van der Waals surface area contributed by atoms with Crippen LogP contribution in [0.3, 0.4) is 0 Å². The second-order valence-corrected chi connectivity index (χ2v) is 5.23. The maximum Gasteiger partial charge on any atom is 0.0705 e. The molecule has 0 aliphatic rings.